The van der Waals surface area contributed by atoms with Crippen LogP contribution in [-0.2, 0) is 21.4 Å². The van der Waals surface area contributed by atoms with Crippen LogP contribution in [0, 0.1) is 0 Å². The Morgan fingerprint density at radius 1 is 1.45 bits per heavy atom. The van der Waals surface area contributed by atoms with Gasteiger partial charge in [0.15, 0.2) is 0 Å². The van der Waals surface area contributed by atoms with E-state index in [-0.39, 0.29) is 17.6 Å². The SMILES string of the molecule is CCOC(=O)C(N)Cc1cc(C(C)(C)C)cc(Br)c1O. The van der Waals surface area contributed by atoms with Crippen LogP contribution in [0.25, 0.3) is 0 Å². The quantitative estimate of drug-likeness (QED) is 0.824. The highest BCUT2D eigenvalue weighted by Gasteiger charge is 2.21. The summed E-state index contributed by atoms with van der Waals surface area (Å²) >= 11 is 3.34. The third kappa shape index (κ3) is 4.21. The van der Waals surface area contributed by atoms with Gasteiger partial charge >= 0.3 is 5.97 Å². The van der Waals surface area contributed by atoms with E-state index in [1.54, 1.807) is 6.92 Å². The van der Waals surface area contributed by atoms with Crippen LogP contribution in [0.3, 0.4) is 0 Å². The number of phenols is 1. The van der Waals surface area contributed by atoms with Gasteiger partial charge in [-0.05, 0) is 45.5 Å². The first kappa shape index (κ1) is 17.0. The van der Waals surface area contributed by atoms with Crippen molar-refractivity contribution in [1.29, 1.82) is 0 Å². The molecule has 1 rings (SSSR count). The van der Waals surface area contributed by atoms with Crippen molar-refractivity contribution in [3.05, 3.63) is 27.7 Å². The fraction of sp³-hybridized carbons (Fsp3) is 0.533. The van der Waals surface area contributed by atoms with Crippen LogP contribution in [0.5, 0.6) is 5.75 Å². The van der Waals surface area contributed by atoms with E-state index in [1.165, 1.54) is 0 Å². The van der Waals surface area contributed by atoms with Gasteiger partial charge in [0.25, 0.3) is 0 Å². The van der Waals surface area contributed by atoms with Crippen LogP contribution < -0.4 is 5.73 Å². The fourth-order valence-corrected chi connectivity index (χ4v) is 2.32. The topological polar surface area (TPSA) is 72.5 Å². The van der Waals surface area contributed by atoms with Gasteiger partial charge in [-0.1, -0.05) is 26.8 Å². The normalized spacial score (nSPS) is 13.1. The third-order valence-electron chi connectivity index (χ3n) is 3.04. The summed E-state index contributed by atoms with van der Waals surface area (Å²) in [6, 6.07) is 3.00. The zero-order valence-corrected chi connectivity index (χ0v) is 14.0. The molecule has 0 fully saturated rings. The standard InChI is InChI=1S/C15H22BrNO3/c1-5-20-14(19)12(17)7-9-6-10(15(2,3)4)8-11(16)13(9)18/h6,8,12,18H,5,7,17H2,1-4H3. The van der Waals surface area contributed by atoms with Gasteiger partial charge in [0.05, 0.1) is 11.1 Å². The van der Waals surface area contributed by atoms with E-state index in [0.717, 1.165) is 5.56 Å². The molecule has 5 heteroatoms. The molecule has 0 bridgehead atoms. The van der Waals surface area contributed by atoms with E-state index in [1.807, 2.05) is 12.1 Å². The van der Waals surface area contributed by atoms with Crippen LogP contribution in [0.2, 0.25) is 0 Å². The van der Waals surface area contributed by atoms with Crippen LogP contribution in [-0.4, -0.2) is 23.7 Å². The van der Waals surface area contributed by atoms with Crippen molar-refractivity contribution in [3.8, 4) is 5.75 Å². The molecular weight excluding hydrogens is 322 g/mol. The number of rotatable bonds is 4. The second kappa shape index (κ2) is 6.59. The van der Waals surface area contributed by atoms with Crippen LogP contribution in [0.4, 0.5) is 0 Å². The molecule has 1 aromatic rings. The monoisotopic (exact) mass is 343 g/mol. The summed E-state index contributed by atoms with van der Waals surface area (Å²) in [4.78, 5) is 11.6. The lowest BCUT2D eigenvalue weighted by Gasteiger charge is -2.22. The van der Waals surface area contributed by atoms with Crippen molar-refractivity contribution in [1.82, 2.24) is 0 Å². The summed E-state index contributed by atoms with van der Waals surface area (Å²) in [7, 11) is 0. The molecule has 0 aromatic heterocycles. The number of phenolic OH excluding ortho intramolecular Hbond substituents is 1. The minimum Gasteiger partial charge on any atom is -0.506 e. The van der Waals surface area contributed by atoms with Gasteiger partial charge in [0.2, 0.25) is 0 Å². The van der Waals surface area contributed by atoms with Crippen molar-refractivity contribution in [3.63, 3.8) is 0 Å². The maximum Gasteiger partial charge on any atom is 0.323 e. The molecule has 0 saturated carbocycles. The molecule has 1 aromatic carbocycles. The Balaban J connectivity index is 3.06. The van der Waals surface area contributed by atoms with Crippen molar-refractivity contribution in [2.45, 2.75) is 45.6 Å². The maximum atomic E-state index is 11.6. The number of hydrogen-bond donors (Lipinski definition) is 2. The number of halogens is 1. The van der Waals surface area contributed by atoms with Gasteiger partial charge in [-0.3, -0.25) is 4.79 Å². The lowest BCUT2D eigenvalue weighted by atomic mass is 9.85. The minimum absolute atomic E-state index is 0.0566. The summed E-state index contributed by atoms with van der Waals surface area (Å²) in [5.41, 5.74) is 7.46. The number of benzene rings is 1. The van der Waals surface area contributed by atoms with Crippen LogP contribution >= 0.6 is 15.9 Å². The first-order chi connectivity index (χ1) is 9.16. The Kier molecular flexibility index (Phi) is 5.59. The van der Waals surface area contributed by atoms with Crippen molar-refractivity contribution >= 4 is 21.9 Å². The molecule has 1 atom stereocenters. The molecule has 0 spiro atoms. The van der Waals surface area contributed by atoms with Crippen LogP contribution in [0.1, 0.15) is 38.8 Å². The summed E-state index contributed by atoms with van der Waals surface area (Å²) in [6.07, 6.45) is 0.243. The first-order valence-electron chi connectivity index (χ1n) is 6.61. The predicted molar refractivity (Wildman–Crippen MR) is 82.8 cm³/mol. The largest absolute Gasteiger partial charge is 0.506 e. The molecule has 0 aliphatic rings. The summed E-state index contributed by atoms with van der Waals surface area (Å²) < 4.78 is 5.49. The van der Waals surface area contributed by atoms with E-state index in [9.17, 15) is 9.90 Å². The Morgan fingerprint density at radius 2 is 2.05 bits per heavy atom. The number of ether oxygens (including phenoxy) is 1. The first-order valence-corrected chi connectivity index (χ1v) is 7.40. The molecule has 4 nitrogen and oxygen atoms in total. The van der Waals surface area contributed by atoms with E-state index < -0.39 is 12.0 Å². The van der Waals surface area contributed by atoms with E-state index in [0.29, 0.717) is 16.6 Å². The predicted octanol–water partition coefficient (Wildman–Crippen LogP) is 2.89. The van der Waals surface area contributed by atoms with Gasteiger partial charge in [-0.2, -0.15) is 0 Å². The second-order valence-electron chi connectivity index (χ2n) is 5.78. The summed E-state index contributed by atoms with van der Waals surface area (Å²) in [5, 5.41) is 10.1. The van der Waals surface area contributed by atoms with E-state index in [4.69, 9.17) is 10.5 Å². The number of carbonyl (C=O) groups is 1. The lowest BCUT2D eigenvalue weighted by molar-refractivity contribution is -0.144. The molecule has 3 N–H and O–H groups in total. The number of aromatic hydroxyl groups is 1. The average molecular weight is 344 g/mol. The smallest absolute Gasteiger partial charge is 0.323 e. The number of esters is 1. The fourth-order valence-electron chi connectivity index (χ4n) is 1.81. The van der Waals surface area contributed by atoms with Crippen LogP contribution in [0.15, 0.2) is 16.6 Å². The summed E-state index contributed by atoms with van der Waals surface area (Å²) in [5.74, 6) is -0.332. The Labute approximate surface area is 128 Å². The highest BCUT2D eigenvalue weighted by Crippen LogP contribution is 2.34. The molecule has 1 unspecified atom stereocenters. The zero-order valence-electron chi connectivity index (χ0n) is 12.4. The average Bonchev–Trinajstić information content (AvgIpc) is 2.33. The van der Waals surface area contributed by atoms with Gasteiger partial charge in [-0.15, -0.1) is 0 Å². The zero-order chi connectivity index (χ0) is 15.5. The van der Waals surface area contributed by atoms with Gasteiger partial charge < -0.3 is 15.6 Å². The minimum atomic E-state index is -0.775. The van der Waals surface area contributed by atoms with E-state index in [2.05, 4.69) is 36.7 Å². The molecule has 0 saturated heterocycles. The Hall–Kier alpha value is -1.07. The molecule has 0 aliphatic carbocycles. The molecule has 0 radical (unpaired) electrons. The lowest BCUT2D eigenvalue weighted by Crippen LogP contribution is -2.34. The molecule has 20 heavy (non-hydrogen) atoms. The number of nitrogens with two attached hydrogens (primary N) is 1. The summed E-state index contributed by atoms with van der Waals surface area (Å²) in [6.45, 7) is 8.28. The van der Waals surface area contributed by atoms with E-state index >= 15 is 0 Å². The maximum absolute atomic E-state index is 11.6. The van der Waals surface area contributed by atoms with Gasteiger partial charge in [-0.25, -0.2) is 0 Å². The highest BCUT2D eigenvalue weighted by molar-refractivity contribution is 9.10. The second-order valence-corrected chi connectivity index (χ2v) is 6.63. The Bertz CT molecular complexity index is 495. The number of hydrogen-bond acceptors (Lipinski definition) is 4. The van der Waals surface area contributed by atoms with Gasteiger partial charge in [0.1, 0.15) is 11.8 Å². The number of carbonyl (C=O) groups excluding carboxylic acids is 1. The highest BCUT2D eigenvalue weighted by atomic mass is 79.9. The van der Waals surface area contributed by atoms with Crippen molar-refractivity contribution in [2.24, 2.45) is 5.73 Å². The third-order valence-corrected chi connectivity index (χ3v) is 3.64. The van der Waals surface area contributed by atoms with Crippen molar-refractivity contribution < 1.29 is 14.6 Å². The molecule has 0 aliphatic heterocycles. The molecule has 112 valence electrons. The molecule has 0 amide bonds. The Morgan fingerprint density at radius 3 is 2.55 bits per heavy atom. The molecule has 0 heterocycles. The van der Waals surface area contributed by atoms with Gasteiger partial charge in [0, 0.05) is 6.42 Å². The molecular formula is C15H22BrNO3. The van der Waals surface area contributed by atoms with Crippen molar-refractivity contribution in [2.75, 3.05) is 6.61 Å².